The van der Waals surface area contributed by atoms with Gasteiger partial charge in [0.25, 0.3) is 0 Å². The quantitative estimate of drug-likeness (QED) is 0.200. The summed E-state index contributed by atoms with van der Waals surface area (Å²) in [5.74, 6) is -0.747. The topological polar surface area (TPSA) is 52.6 Å². The van der Waals surface area contributed by atoms with Crippen LogP contribution in [0.15, 0.2) is 72.8 Å². The van der Waals surface area contributed by atoms with Crippen LogP contribution in [0.4, 0.5) is 0 Å². The van der Waals surface area contributed by atoms with Crippen LogP contribution >= 0.6 is 0 Å². The summed E-state index contributed by atoms with van der Waals surface area (Å²) in [6.07, 6.45) is 1.51. The molecule has 4 aromatic carbocycles. The first-order valence-electron chi connectivity index (χ1n) is 14.8. The van der Waals surface area contributed by atoms with E-state index in [-0.39, 0.29) is 11.9 Å². The molecule has 0 saturated carbocycles. The average molecular weight is 565 g/mol. The van der Waals surface area contributed by atoms with Crippen molar-refractivity contribution in [2.75, 3.05) is 13.2 Å². The Hall–Kier alpha value is -4.18. The fourth-order valence-corrected chi connectivity index (χ4v) is 5.30. The van der Waals surface area contributed by atoms with E-state index in [0.29, 0.717) is 24.3 Å². The van der Waals surface area contributed by atoms with Gasteiger partial charge in [-0.15, -0.1) is 0 Å². The standard InChI is InChI=1S/C22H26O4.C16H18/c1-5-13-25-21(23)17-11-7-9-15(3)19(17)20-16(4)10-8-12-18(20)22(24)26-14-6-2;1-11-7-5-8-12(2)15(11)16-13(3)9-6-10-14(16)4/h7-12H,5-6,13-14H2,1-4H3;5-10H,1-4H3. The Morgan fingerprint density at radius 3 is 1.00 bits per heavy atom. The summed E-state index contributed by atoms with van der Waals surface area (Å²) in [6.45, 7) is 17.3. The van der Waals surface area contributed by atoms with Crippen LogP contribution in [0, 0.1) is 41.5 Å². The van der Waals surface area contributed by atoms with Gasteiger partial charge in [-0.25, -0.2) is 9.59 Å². The normalized spacial score (nSPS) is 10.5. The summed E-state index contributed by atoms with van der Waals surface area (Å²) in [7, 11) is 0. The molecule has 0 heterocycles. The molecule has 0 fully saturated rings. The summed E-state index contributed by atoms with van der Waals surface area (Å²) < 4.78 is 10.7. The SMILES string of the molecule is CCCOC(=O)c1cccc(C)c1-c1c(C)cccc1C(=O)OCCC.Cc1cccc(C)c1-c1c(C)cccc1C. The zero-order chi connectivity index (χ0) is 30.8. The van der Waals surface area contributed by atoms with E-state index < -0.39 is 0 Å². The Labute approximate surface area is 251 Å². The highest BCUT2D eigenvalue weighted by molar-refractivity contribution is 6.04. The number of hydrogen-bond donors (Lipinski definition) is 0. The van der Waals surface area contributed by atoms with E-state index in [0.717, 1.165) is 35.1 Å². The molecule has 0 aliphatic rings. The van der Waals surface area contributed by atoms with Crippen molar-refractivity contribution in [2.45, 2.75) is 68.2 Å². The van der Waals surface area contributed by atoms with Gasteiger partial charge in [0.05, 0.1) is 24.3 Å². The van der Waals surface area contributed by atoms with E-state index in [1.54, 1.807) is 12.1 Å². The molecule has 0 unspecified atom stereocenters. The first kappa shape index (κ1) is 32.3. The third-order valence-corrected chi connectivity index (χ3v) is 7.32. The Balaban J connectivity index is 0.000000258. The van der Waals surface area contributed by atoms with Crippen molar-refractivity contribution in [3.8, 4) is 22.3 Å². The summed E-state index contributed by atoms with van der Waals surface area (Å²) in [5.41, 5.74) is 12.5. The van der Waals surface area contributed by atoms with Gasteiger partial charge in [0.2, 0.25) is 0 Å². The Morgan fingerprint density at radius 2 is 0.714 bits per heavy atom. The molecule has 0 aliphatic heterocycles. The lowest BCUT2D eigenvalue weighted by atomic mass is 9.88. The van der Waals surface area contributed by atoms with Crippen LogP contribution in [-0.4, -0.2) is 25.2 Å². The zero-order valence-electron chi connectivity index (χ0n) is 26.4. The minimum Gasteiger partial charge on any atom is -0.462 e. The molecule has 0 N–H and O–H groups in total. The van der Waals surface area contributed by atoms with Crippen molar-refractivity contribution in [1.82, 2.24) is 0 Å². The minimum absolute atomic E-state index is 0.366. The second-order valence-corrected chi connectivity index (χ2v) is 10.8. The van der Waals surface area contributed by atoms with Gasteiger partial charge in [0, 0.05) is 11.1 Å². The number of aryl methyl sites for hydroxylation is 6. The van der Waals surface area contributed by atoms with Crippen LogP contribution in [0.5, 0.6) is 0 Å². The van der Waals surface area contributed by atoms with Crippen molar-refractivity contribution in [3.63, 3.8) is 0 Å². The molecular formula is C38H44O4. The molecule has 4 heteroatoms. The summed E-state index contributed by atoms with van der Waals surface area (Å²) >= 11 is 0. The lowest BCUT2D eigenvalue weighted by Gasteiger charge is -2.17. The van der Waals surface area contributed by atoms with Crippen LogP contribution in [0.1, 0.15) is 80.8 Å². The molecule has 0 aliphatic carbocycles. The number of ether oxygens (including phenoxy) is 2. The molecule has 0 saturated heterocycles. The van der Waals surface area contributed by atoms with Gasteiger partial charge < -0.3 is 9.47 Å². The van der Waals surface area contributed by atoms with Crippen LogP contribution in [0.2, 0.25) is 0 Å². The second-order valence-electron chi connectivity index (χ2n) is 10.8. The van der Waals surface area contributed by atoms with Crippen molar-refractivity contribution in [2.24, 2.45) is 0 Å². The summed E-state index contributed by atoms with van der Waals surface area (Å²) in [6, 6.07) is 24.0. The fraction of sp³-hybridized carbons (Fsp3) is 0.316. The molecule has 0 atom stereocenters. The molecule has 0 amide bonds. The lowest BCUT2D eigenvalue weighted by Crippen LogP contribution is -2.12. The second kappa shape index (κ2) is 15.2. The Kier molecular flexibility index (Phi) is 11.7. The Bertz CT molecular complexity index is 1390. The number of rotatable bonds is 8. The molecule has 0 radical (unpaired) electrons. The summed E-state index contributed by atoms with van der Waals surface area (Å²) in [4.78, 5) is 25.2. The molecule has 4 nitrogen and oxygen atoms in total. The van der Waals surface area contributed by atoms with Gasteiger partial charge in [-0.3, -0.25) is 0 Å². The highest BCUT2D eigenvalue weighted by Crippen LogP contribution is 2.35. The zero-order valence-corrected chi connectivity index (χ0v) is 26.4. The van der Waals surface area contributed by atoms with Crippen molar-refractivity contribution < 1.29 is 19.1 Å². The first-order chi connectivity index (χ1) is 20.1. The highest BCUT2D eigenvalue weighted by Gasteiger charge is 2.23. The molecular weight excluding hydrogens is 520 g/mol. The number of esters is 2. The van der Waals surface area contributed by atoms with E-state index in [9.17, 15) is 9.59 Å². The maximum atomic E-state index is 12.6. The van der Waals surface area contributed by atoms with Gasteiger partial charge in [0.1, 0.15) is 0 Å². The third kappa shape index (κ3) is 7.55. The first-order valence-corrected chi connectivity index (χ1v) is 14.8. The van der Waals surface area contributed by atoms with E-state index in [4.69, 9.17) is 9.47 Å². The maximum Gasteiger partial charge on any atom is 0.338 e. The van der Waals surface area contributed by atoms with Crippen LogP contribution in [0.3, 0.4) is 0 Å². The van der Waals surface area contributed by atoms with E-state index in [2.05, 4.69) is 64.1 Å². The van der Waals surface area contributed by atoms with E-state index in [1.807, 2.05) is 52.0 Å². The van der Waals surface area contributed by atoms with Crippen molar-refractivity contribution in [1.29, 1.82) is 0 Å². The largest absolute Gasteiger partial charge is 0.462 e. The third-order valence-electron chi connectivity index (χ3n) is 7.32. The predicted molar refractivity (Wildman–Crippen MR) is 173 cm³/mol. The molecule has 42 heavy (non-hydrogen) atoms. The van der Waals surface area contributed by atoms with Crippen molar-refractivity contribution in [3.05, 3.63) is 117 Å². The number of carbonyl (C=O) groups is 2. The fourth-order valence-electron chi connectivity index (χ4n) is 5.30. The monoisotopic (exact) mass is 564 g/mol. The molecule has 4 aromatic rings. The van der Waals surface area contributed by atoms with Crippen molar-refractivity contribution >= 4 is 11.9 Å². The summed E-state index contributed by atoms with van der Waals surface area (Å²) in [5, 5.41) is 0. The lowest BCUT2D eigenvalue weighted by molar-refractivity contribution is 0.0494. The number of benzene rings is 4. The van der Waals surface area contributed by atoms with Crippen LogP contribution < -0.4 is 0 Å². The average Bonchev–Trinajstić information content (AvgIpc) is 2.96. The predicted octanol–water partition coefficient (Wildman–Crippen LogP) is 9.69. The van der Waals surface area contributed by atoms with Gasteiger partial charge >= 0.3 is 11.9 Å². The molecule has 0 bridgehead atoms. The number of carbonyl (C=O) groups excluding carboxylic acids is 2. The molecule has 220 valence electrons. The van der Waals surface area contributed by atoms with Gasteiger partial charge in [0.15, 0.2) is 0 Å². The molecule has 0 aromatic heterocycles. The molecule has 4 rings (SSSR count). The van der Waals surface area contributed by atoms with Crippen LogP contribution in [-0.2, 0) is 9.47 Å². The Morgan fingerprint density at radius 1 is 0.452 bits per heavy atom. The molecule has 0 spiro atoms. The van der Waals surface area contributed by atoms with Crippen LogP contribution in [0.25, 0.3) is 22.3 Å². The number of hydrogen-bond acceptors (Lipinski definition) is 4. The van der Waals surface area contributed by atoms with E-state index >= 15 is 0 Å². The minimum atomic E-state index is -0.373. The smallest absolute Gasteiger partial charge is 0.338 e. The maximum absolute atomic E-state index is 12.6. The van der Waals surface area contributed by atoms with Gasteiger partial charge in [-0.2, -0.15) is 0 Å². The highest BCUT2D eigenvalue weighted by atomic mass is 16.5. The van der Waals surface area contributed by atoms with E-state index in [1.165, 1.54) is 33.4 Å². The van der Waals surface area contributed by atoms with Gasteiger partial charge in [-0.1, -0.05) is 74.5 Å². The van der Waals surface area contributed by atoms with Gasteiger partial charge in [-0.05, 0) is 111 Å².